The Hall–Kier alpha value is -1.93. The molecule has 2 aliphatic rings. The minimum Gasteiger partial charge on any atom is -0.320 e. The zero-order chi connectivity index (χ0) is 12.2. The molecule has 0 spiro atoms. The fourth-order valence-electron chi connectivity index (χ4n) is 2.56. The van der Waals surface area contributed by atoms with E-state index in [-0.39, 0.29) is 11.8 Å². The molecular formula is C12H12N4O. The van der Waals surface area contributed by atoms with Crippen molar-refractivity contribution in [2.45, 2.75) is 18.4 Å². The molecule has 1 aliphatic carbocycles. The molecule has 0 saturated heterocycles. The molecule has 0 radical (unpaired) electrons. The molecule has 1 amide bonds. The van der Waals surface area contributed by atoms with Crippen molar-refractivity contribution in [1.29, 1.82) is 0 Å². The maximum atomic E-state index is 12.0. The largest absolute Gasteiger partial charge is 0.320 e. The molecule has 1 aliphatic heterocycles. The molecule has 3 rings (SSSR count). The van der Waals surface area contributed by atoms with E-state index in [0.717, 1.165) is 12.0 Å². The second kappa shape index (κ2) is 3.28. The van der Waals surface area contributed by atoms with Crippen LogP contribution in [-0.4, -0.2) is 24.0 Å². The van der Waals surface area contributed by atoms with Gasteiger partial charge in [0.05, 0.1) is 12.6 Å². The highest BCUT2D eigenvalue weighted by Gasteiger charge is 2.50. The van der Waals surface area contributed by atoms with Crippen LogP contribution < -0.4 is 10.6 Å². The van der Waals surface area contributed by atoms with Crippen molar-refractivity contribution in [3.8, 4) is 0 Å². The lowest BCUT2D eigenvalue weighted by molar-refractivity contribution is -0.119. The van der Waals surface area contributed by atoms with Crippen molar-refractivity contribution in [2.75, 3.05) is 11.9 Å². The predicted molar refractivity (Wildman–Crippen MR) is 62.7 cm³/mol. The standard InChI is InChI=1S/C12H12N4O/c1-14-6-3-9-7-4-8(7)10(13)12(17)16(2)11(9)15-5-6/h3,5,7-8,10H,4,13H2,2H3/t7-,8?,10+/m1/s1. The molecule has 1 aromatic rings. The van der Waals surface area contributed by atoms with Crippen LogP contribution in [0, 0.1) is 12.5 Å². The number of likely N-dealkylation sites (N-methyl/N-ethyl adjacent to an activating group) is 1. The predicted octanol–water partition coefficient (Wildman–Crippen LogP) is 1.04. The van der Waals surface area contributed by atoms with E-state index in [4.69, 9.17) is 12.3 Å². The number of nitrogens with zero attached hydrogens (tertiary/aromatic N) is 3. The number of pyridine rings is 1. The highest BCUT2D eigenvalue weighted by molar-refractivity contribution is 5.98. The van der Waals surface area contributed by atoms with Crippen molar-refractivity contribution in [1.82, 2.24) is 4.98 Å². The number of fused-ring (bicyclic) bond motifs is 3. The average molecular weight is 228 g/mol. The molecular weight excluding hydrogens is 216 g/mol. The Labute approximate surface area is 99.1 Å². The van der Waals surface area contributed by atoms with E-state index in [9.17, 15) is 4.79 Å². The van der Waals surface area contributed by atoms with Gasteiger partial charge in [0.2, 0.25) is 11.6 Å². The van der Waals surface area contributed by atoms with Gasteiger partial charge in [0.1, 0.15) is 5.82 Å². The number of carbonyl (C=O) groups excluding carboxylic acids is 1. The lowest BCUT2D eigenvalue weighted by Gasteiger charge is -2.19. The topological polar surface area (TPSA) is 63.6 Å². The third kappa shape index (κ3) is 1.34. The first-order chi connectivity index (χ1) is 8.13. The lowest BCUT2D eigenvalue weighted by Crippen LogP contribution is -2.42. The normalized spacial score (nSPS) is 30.1. The average Bonchev–Trinajstić information content (AvgIpc) is 3.15. The Morgan fingerprint density at radius 3 is 3.12 bits per heavy atom. The van der Waals surface area contributed by atoms with Crippen LogP contribution in [0.5, 0.6) is 0 Å². The quantitative estimate of drug-likeness (QED) is 0.675. The van der Waals surface area contributed by atoms with Crippen molar-refractivity contribution in [2.24, 2.45) is 11.7 Å². The van der Waals surface area contributed by atoms with Crippen LogP contribution in [0.3, 0.4) is 0 Å². The van der Waals surface area contributed by atoms with Crippen LogP contribution >= 0.6 is 0 Å². The van der Waals surface area contributed by atoms with Gasteiger partial charge in [0.15, 0.2) is 0 Å². The maximum absolute atomic E-state index is 12.0. The molecule has 1 unspecified atom stereocenters. The molecule has 0 aromatic carbocycles. The Morgan fingerprint density at radius 1 is 1.65 bits per heavy atom. The molecule has 5 heteroatoms. The number of rotatable bonds is 0. The van der Waals surface area contributed by atoms with Crippen molar-refractivity contribution < 1.29 is 4.79 Å². The molecule has 1 saturated carbocycles. The molecule has 2 heterocycles. The number of anilines is 1. The Kier molecular flexibility index (Phi) is 1.98. The number of carbonyl (C=O) groups is 1. The zero-order valence-corrected chi connectivity index (χ0v) is 9.42. The van der Waals surface area contributed by atoms with Crippen LogP contribution in [0.15, 0.2) is 12.3 Å². The van der Waals surface area contributed by atoms with Gasteiger partial charge < -0.3 is 5.73 Å². The maximum Gasteiger partial charge on any atom is 0.245 e. The Balaban J connectivity index is 2.15. The van der Waals surface area contributed by atoms with Gasteiger partial charge in [-0.25, -0.2) is 4.85 Å². The molecule has 5 nitrogen and oxygen atoms in total. The SMILES string of the molecule is [C-]#[N+]c1cnc2c(c1)[C@@H]1CC1[C@H](N)C(=O)N2C. The number of nitrogens with two attached hydrogens (primary N) is 1. The molecule has 1 fully saturated rings. The summed E-state index contributed by atoms with van der Waals surface area (Å²) in [5.41, 5.74) is 7.44. The van der Waals surface area contributed by atoms with Gasteiger partial charge >= 0.3 is 0 Å². The summed E-state index contributed by atoms with van der Waals surface area (Å²) < 4.78 is 0. The van der Waals surface area contributed by atoms with Crippen LogP contribution in [0.4, 0.5) is 11.5 Å². The zero-order valence-electron chi connectivity index (χ0n) is 9.42. The lowest BCUT2D eigenvalue weighted by atomic mass is 10.1. The summed E-state index contributed by atoms with van der Waals surface area (Å²) in [5.74, 6) is 1.08. The second-order valence-electron chi connectivity index (χ2n) is 4.65. The highest BCUT2D eigenvalue weighted by atomic mass is 16.2. The summed E-state index contributed by atoms with van der Waals surface area (Å²) in [6, 6.07) is 1.40. The second-order valence-corrected chi connectivity index (χ2v) is 4.65. The summed E-state index contributed by atoms with van der Waals surface area (Å²) in [7, 11) is 1.69. The molecule has 86 valence electrons. The van der Waals surface area contributed by atoms with Gasteiger partial charge in [-0.3, -0.25) is 14.7 Å². The van der Waals surface area contributed by atoms with Crippen LogP contribution in [-0.2, 0) is 4.79 Å². The van der Waals surface area contributed by atoms with Crippen LogP contribution in [0.1, 0.15) is 17.9 Å². The van der Waals surface area contributed by atoms with E-state index < -0.39 is 6.04 Å². The Morgan fingerprint density at radius 2 is 2.41 bits per heavy atom. The Bertz CT molecular complexity index is 548. The van der Waals surface area contributed by atoms with E-state index in [1.54, 1.807) is 7.05 Å². The van der Waals surface area contributed by atoms with Crippen molar-refractivity contribution in [3.05, 3.63) is 29.2 Å². The fourth-order valence-corrected chi connectivity index (χ4v) is 2.56. The van der Waals surface area contributed by atoms with Crippen molar-refractivity contribution in [3.63, 3.8) is 0 Å². The smallest absolute Gasteiger partial charge is 0.245 e. The van der Waals surface area contributed by atoms with E-state index in [1.807, 2.05) is 6.07 Å². The van der Waals surface area contributed by atoms with E-state index in [1.165, 1.54) is 11.1 Å². The summed E-state index contributed by atoms with van der Waals surface area (Å²) >= 11 is 0. The summed E-state index contributed by atoms with van der Waals surface area (Å²) in [4.78, 5) is 21.1. The monoisotopic (exact) mass is 228 g/mol. The first-order valence-corrected chi connectivity index (χ1v) is 5.54. The van der Waals surface area contributed by atoms with Crippen LogP contribution in [0.25, 0.3) is 4.85 Å². The number of aromatic nitrogens is 1. The summed E-state index contributed by atoms with van der Waals surface area (Å²) in [6.07, 6.45) is 2.43. The van der Waals surface area contributed by atoms with Gasteiger partial charge in [0, 0.05) is 13.2 Å². The number of hydrogen-bond acceptors (Lipinski definition) is 3. The molecule has 3 atom stereocenters. The first kappa shape index (κ1) is 10.2. The highest BCUT2D eigenvalue weighted by Crippen LogP contribution is 2.53. The number of amides is 1. The van der Waals surface area contributed by atoms with Gasteiger partial charge in [-0.15, -0.1) is 0 Å². The summed E-state index contributed by atoms with van der Waals surface area (Å²) in [6.45, 7) is 7.00. The number of hydrogen-bond donors (Lipinski definition) is 1. The van der Waals surface area contributed by atoms with Gasteiger partial charge in [-0.1, -0.05) is 0 Å². The summed E-state index contributed by atoms with van der Waals surface area (Å²) in [5, 5.41) is 0. The minimum absolute atomic E-state index is 0.0840. The van der Waals surface area contributed by atoms with E-state index in [2.05, 4.69) is 9.83 Å². The van der Waals surface area contributed by atoms with E-state index >= 15 is 0 Å². The third-order valence-corrected chi connectivity index (χ3v) is 3.64. The molecule has 17 heavy (non-hydrogen) atoms. The van der Waals surface area contributed by atoms with Crippen LogP contribution in [0.2, 0.25) is 0 Å². The molecule has 2 N–H and O–H groups in total. The van der Waals surface area contributed by atoms with Crippen molar-refractivity contribution >= 4 is 17.4 Å². The fraction of sp³-hybridized carbons (Fsp3) is 0.417. The minimum atomic E-state index is -0.435. The van der Waals surface area contributed by atoms with E-state index in [0.29, 0.717) is 17.4 Å². The van der Waals surface area contributed by atoms with Gasteiger partial charge in [-0.05, 0) is 29.9 Å². The van der Waals surface area contributed by atoms with Gasteiger partial charge in [-0.2, -0.15) is 0 Å². The third-order valence-electron chi connectivity index (χ3n) is 3.64. The van der Waals surface area contributed by atoms with Gasteiger partial charge in [0.25, 0.3) is 0 Å². The first-order valence-electron chi connectivity index (χ1n) is 5.54. The molecule has 0 bridgehead atoms. The molecule has 1 aromatic heterocycles.